The number of hydrogen-bond acceptors (Lipinski definition) is 4. The molecule has 0 saturated heterocycles. The maximum atomic E-state index is 12.0. The predicted molar refractivity (Wildman–Crippen MR) is 72.9 cm³/mol. The summed E-state index contributed by atoms with van der Waals surface area (Å²) >= 11 is 0. The first-order chi connectivity index (χ1) is 9.06. The van der Waals surface area contributed by atoms with Gasteiger partial charge in [0.2, 0.25) is 0 Å². The molecular weight excluding hydrogens is 242 g/mol. The van der Waals surface area contributed by atoms with Crippen molar-refractivity contribution in [3.8, 4) is 5.75 Å². The smallest absolute Gasteiger partial charge is 0.329 e. The molecule has 19 heavy (non-hydrogen) atoms. The van der Waals surface area contributed by atoms with E-state index in [-0.39, 0.29) is 18.5 Å². The molecule has 0 amide bonds. The molecule has 0 radical (unpaired) electrons. The van der Waals surface area contributed by atoms with Gasteiger partial charge in [-0.05, 0) is 44.7 Å². The molecular formula is C15H21NO3. The molecule has 0 aromatic heterocycles. The summed E-state index contributed by atoms with van der Waals surface area (Å²) in [4.78, 5) is 12.0. The van der Waals surface area contributed by atoms with Crippen molar-refractivity contribution in [3.05, 3.63) is 29.8 Å². The van der Waals surface area contributed by atoms with Crippen molar-refractivity contribution < 1.29 is 14.3 Å². The number of esters is 1. The van der Waals surface area contributed by atoms with E-state index in [0.717, 1.165) is 18.6 Å². The van der Waals surface area contributed by atoms with Gasteiger partial charge in [0.1, 0.15) is 12.4 Å². The predicted octanol–water partition coefficient (Wildman–Crippen LogP) is 2.04. The lowest BCUT2D eigenvalue weighted by Gasteiger charge is -2.26. The van der Waals surface area contributed by atoms with Gasteiger partial charge in [-0.15, -0.1) is 0 Å². The molecule has 2 rings (SSSR count). The van der Waals surface area contributed by atoms with E-state index in [2.05, 4.69) is 0 Å². The maximum absolute atomic E-state index is 12.0. The van der Waals surface area contributed by atoms with Crippen LogP contribution in [0.2, 0.25) is 0 Å². The molecule has 4 heteroatoms. The Morgan fingerprint density at radius 2 is 2.00 bits per heavy atom. The second-order valence-corrected chi connectivity index (χ2v) is 5.14. The van der Waals surface area contributed by atoms with Crippen LogP contribution in [0.4, 0.5) is 0 Å². The number of carbonyl (C=O) groups is 1. The van der Waals surface area contributed by atoms with Gasteiger partial charge in [-0.1, -0.05) is 17.7 Å². The molecule has 1 saturated carbocycles. The van der Waals surface area contributed by atoms with Crippen LogP contribution in [-0.2, 0) is 9.53 Å². The van der Waals surface area contributed by atoms with Crippen LogP contribution in [0.3, 0.4) is 0 Å². The quantitative estimate of drug-likeness (QED) is 0.798. The summed E-state index contributed by atoms with van der Waals surface area (Å²) in [6.07, 6.45) is 1.93. The van der Waals surface area contributed by atoms with Crippen LogP contribution in [-0.4, -0.2) is 24.7 Å². The van der Waals surface area contributed by atoms with E-state index in [1.807, 2.05) is 31.2 Å². The molecule has 1 unspecified atom stereocenters. The maximum Gasteiger partial charge on any atom is 0.329 e. The van der Waals surface area contributed by atoms with Gasteiger partial charge in [-0.3, -0.25) is 0 Å². The number of hydrogen-bond donors (Lipinski definition) is 1. The normalized spacial score (nSPS) is 17.6. The summed E-state index contributed by atoms with van der Waals surface area (Å²) in [6.45, 7) is 4.31. The summed E-state index contributed by atoms with van der Waals surface area (Å²) in [7, 11) is 0. The van der Waals surface area contributed by atoms with Crippen LogP contribution >= 0.6 is 0 Å². The zero-order valence-corrected chi connectivity index (χ0v) is 11.5. The van der Waals surface area contributed by atoms with Crippen molar-refractivity contribution in [3.63, 3.8) is 0 Å². The molecule has 2 N–H and O–H groups in total. The number of ether oxygens (including phenoxy) is 2. The second-order valence-electron chi connectivity index (χ2n) is 5.14. The van der Waals surface area contributed by atoms with E-state index >= 15 is 0 Å². The van der Waals surface area contributed by atoms with Crippen LogP contribution in [0, 0.1) is 12.8 Å². The Hall–Kier alpha value is -1.55. The average molecular weight is 263 g/mol. The van der Waals surface area contributed by atoms with Gasteiger partial charge >= 0.3 is 5.97 Å². The highest BCUT2D eigenvalue weighted by molar-refractivity contribution is 5.81. The lowest BCUT2D eigenvalue weighted by molar-refractivity contribution is -0.151. The lowest BCUT2D eigenvalue weighted by Crippen LogP contribution is -2.55. The molecule has 104 valence electrons. The minimum atomic E-state index is -1.01. The molecule has 0 heterocycles. The molecule has 1 aromatic carbocycles. The van der Waals surface area contributed by atoms with E-state index in [0.29, 0.717) is 6.61 Å². The Morgan fingerprint density at radius 3 is 2.53 bits per heavy atom. The number of benzene rings is 1. The van der Waals surface area contributed by atoms with Crippen LogP contribution in [0.25, 0.3) is 0 Å². The lowest BCUT2D eigenvalue weighted by atomic mass is 9.96. The third-order valence-electron chi connectivity index (χ3n) is 3.46. The molecule has 1 aromatic rings. The standard InChI is InChI=1S/C15H21NO3/c1-3-18-14(17)15(16,12-6-7-12)10-19-13-8-4-11(2)5-9-13/h4-5,8-9,12H,3,6-7,10,16H2,1-2H3. The Kier molecular flexibility index (Phi) is 4.10. The Bertz CT molecular complexity index is 439. The van der Waals surface area contributed by atoms with Crippen LogP contribution in [0.5, 0.6) is 5.75 Å². The minimum absolute atomic E-state index is 0.166. The highest BCUT2D eigenvalue weighted by Crippen LogP contribution is 2.39. The van der Waals surface area contributed by atoms with Gasteiger partial charge in [0.05, 0.1) is 6.61 Å². The monoisotopic (exact) mass is 263 g/mol. The Labute approximate surface area is 113 Å². The topological polar surface area (TPSA) is 61.5 Å². The van der Waals surface area contributed by atoms with Gasteiger partial charge in [-0.25, -0.2) is 4.79 Å². The second kappa shape index (κ2) is 5.61. The molecule has 0 spiro atoms. The fraction of sp³-hybridized carbons (Fsp3) is 0.533. The van der Waals surface area contributed by atoms with Crippen LogP contribution in [0.1, 0.15) is 25.3 Å². The highest BCUT2D eigenvalue weighted by Gasteiger charge is 2.50. The van der Waals surface area contributed by atoms with Gasteiger partial charge in [-0.2, -0.15) is 0 Å². The molecule has 1 aliphatic carbocycles. The molecule has 0 aliphatic heterocycles. The zero-order valence-electron chi connectivity index (χ0n) is 11.5. The van der Waals surface area contributed by atoms with E-state index in [4.69, 9.17) is 15.2 Å². The fourth-order valence-electron chi connectivity index (χ4n) is 2.04. The third-order valence-corrected chi connectivity index (χ3v) is 3.46. The minimum Gasteiger partial charge on any atom is -0.491 e. The number of rotatable bonds is 6. The molecule has 0 bridgehead atoms. The number of carbonyl (C=O) groups excluding carboxylic acids is 1. The van der Waals surface area contributed by atoms with Gasteiger partial charge in [0.25, 0.3) is 0 Å². The Balaban J connectivity index is 2.01. The summed E-state index contributed by atoms with van der Waals surface area (Å²) in [5, 5.41) is 0. The van der Waals surface area contributed by atoms with Gasteiger partial charge < -0.3 is 15.2 Å². The van der Waals surface area contributed by atoms with Crippen LogP contribution in [0.15, 0.2) is 24.3 Å². The SMILES string of the molecule is CCOC(=O)C(N)(COc1ccc(C)cc1)C1CC1. The largest absolute Gasteiger partial charge is 0.491 e. The van der Waals surface area contributed by atoms with Crippen molar-refractivity contribution in [2.45, 2.75) is 32.2 Å². The van der Waals surface area contributed by atoms with E-state index < -0.39 is 5.54 Å². The van der Waals surface area contributed by atoms with Crippen molar-refractivity contribution >= 4 is 5.97 Å². The summed E-state index contributed by atoms with van der Waals surface area (Å²) in [6, 6.07) is 7.70. The van der Waals surface area contributed by atoms with Crippen molar-refractivity contribution in [2.24, 2.45) is 11.7 Å². The Morgan fingerprint density at radius 1 is 1.37 bits per heavy atom. The summed E-state index contributed by atoms with van der Waals surface area (Å²) < 4.78 is 10.7. The molecule has 1 atom stereocenters. The number of aryl methyl sites for hydroxylation is 1. The summed E-state index contributed by atoms with van der Waals surface area (Å²) in [5.41, 5.74) is 6.36. The first-order valence-electron chi connectivity index (χ1n) is 6.72. The molecule has 1 aliphatic rings. The highest BCUT2D eigenvalue weighted by atomic mass is 16.5. The summed E-state index contributed by atoms with van der Waals surface area (Å²) in [5.74, 6) is 0.548. The van der Waals surface area contributed by atoms with Crippen molar-refractivity contribution in [2.75, 3.05) is 13.2 Å². The zero-order chi connectivity index (χ0) is 13.9. The molecule has 1 fully saturated rings. The van der Waals surface area contributed by atoms with Gasteiger partial charge in [0, 0.05) is 0 Å². The van der Waals surface area contributed by atoms with Gasteiger partial charge in [0.15, 0.2) is 5.54 Å². The third kappa shape index (κ3) is 3.26. The van der Waals surface area contributed by atoms with E-state index in [9.17, 15) is 4.79 Å². The first kappa shape index (κ1) is 13.9. The average Bonchev–Trinajstić information content (AvgIpc) is 3.22. The van der Waals surface area contributed by atoms with E-state index in [1.54, 1.807) is 6.92 Å². The van der Waals surface area contributed by atoms with E-state index in [1.165, 1.54) is 5.56 Å². The van der Waals surface area contributed by atoms with Crippen molar-refractivity contribution in [1.29, 1.82) is 0 Å². The molecule has 4 nitrogen and oxygen atoms in total. The fourth-order valence-corrected chi connectivity index (χ4v) is 2.04. The number of nitrogens with two attached hydrogens (primary N) is 1. The van der Waals surface area contributed by atoms with Crippen LogP contribution < -0.4 is 10.5 Å². The first-order valence-corrected chi connectivity index (χ1v) is 6.72. The van der Waals surface area contributed by atoms with Crippen molar-refractivity contribution in [1.82, 2.24) is 0 Å².